The lowest BCUT2D eigenvalue weighted by atomic mass is 9.98. The van der Waals surface area contributed by atoms with Crippen molar-refractivity contribution in [3.63, 3.8) is 0 Å². The average molecular weight is 385 g/mol. The van der Waals surface area contributed by atoms with Gasteiger partial charge in [-0.05, 0) is 25.0 Å². The number of amides is 2. The summed E-state index contributed by atoms with van der Waals surface area (Å²) in [5.41, 5.74) is 0.546. The highest BCUT2D eigenvalue weighted by Gasteiger charge is 2.29. The number of piperidine rings is 1. The van der Waals surface area contributed by atoms with Crippen LogP contribution in [0, 0.1) is 5.92 Å². The zero-order valence-corrected chi connectivity index (χ0v) is 15.7. The molecule has 0 radical (unpaired) electrons. The molecule has 1 aromatic carbocycles. The van der Waals surface area contributed by atoms with Crippen LogP contribution in [0.2, 0.25) is 0 Å². The van der Waals surface area contributed by atoms with Crippen LogP contribution in [0.1, 0.15) is 12.8 Å². The fraction of sp³-hybridized carbons (Fsp3) is 0.400. The maximum absolute atomic E-state index is 12.6. The minimum atomic E-state index is -0.896. The topological polar surface area (TPSA) is 99.9 Å². The summed E-state index contributed by atoms with van der Waals surface area (Å²) >= 11 is 0. The molecule has 8 heteroatoms. The first-order chi connectivity index (χ1) is 13.4. The van der Waals surface area contributed by atoms with Gasteiger partial charge < -0.3 is 19.5 Å². The van der Waals surface area contributed by atoms with E-state index in [1.165, 1.54) is 15.9 Å². The van der Waals surface area contributed by atoms with E-state index in [4.69, 9.17) is 5.11 Å². The van der Waals surface area contributed by atoms with Crippen molar-refractivity contribution >= 4 is 28.7 Å². The van der Waals surface area contributed by atoms with E-state index in [2.05, 4.69) is 0 Å². The third-order valence-electron chi connectivity index (χ3n) is 5.11. The fourth-order valence-electron chi connectivity index (χ4n) is 3.46. The van der Waals surface area contributed by atoms with Crippen molar-refractivity contribution in [1.29, 1.82) is 0 Å². The number of aromatic nitrogens is 1. The average Bonchev–Trinajstić information content (AvgIpc) is 2.70. The Kier molecular flexibility index (Phi) is 5.77. The Morgan fingerprint density at radius 3 is 2.71 bits per heavy atom. The van der Waals surface area contributed by atoms with Crippen molar-refractivity contribution in [2.45, 2.75) is 19.4 Å². The number of likely N-dealkylation sites (N-methyl/N-ethyl adjacent to an activating group) is 1. The van der Waals surface area contributed by atoms with E-state index in [0.717, 1.165) is 0 Å². The molecule has 1 atom stereocenters. The van der Waals surface area contributed by atoms with Crippen LogP contribution in [0.3, 0.4) is 0 Å². The zero-order valence-electron chi connectivity index (χ0n) is 15.7. The summed E-state index contributed by atoms with van der Waals surface area (Å²) in [7, 11) is 1.55. The van der Waals surface area contributed by atoms with Crippen molar-refractivity contribution in [2.75, 3.05) is 26.7 Å². The van der Waals surface area contributed by atoms with E-state index in [0.29, 0.717) is 30.3 Å². The van der Waals surface area contributed by atoms with Gasteiger partial charge in [-0.1, -0.05) is 12.1 Å². The maximum atomic E-state index is 12.6. The van der Waals surface area contributed by atoms with E-state index in [-0.39, 0.29) is 36.9 Å². The number of hydrogen-bond acceptors (Lipinski definition) is 4. The Morgan fingerprint density at radius 2 is 1.96 bits per heavy atom. The van der Waals surface area contributed by atoms with E-state index in [1.54, 1.807) is 42.1 Å². The molecule has 0 aliphatic carbocycles. The van der Waals surface area contributed by atoms with E-state index < -0.39 is 11.9 Å². The molecule has 2 aromatic rings. The number of carbonyl (C=O) groups excluding carboxylic acids is 2. The molecule has 0 spiro atoms. The van der Waals surface area contributed by atoms with Crippen LogP contribution in [0.5, 0.6) is 0 Å². The smallest absolute Gasteiger partial charge is 0.308 e. The predicted octanol–water partition coefficient (Wildman–Crippen LogP) is 0.783. The van der Waals surface area contributed by atoms with Crippen LogP contribution in [0.15, 0.2) is 41.3 Å². The van der Waals surface area contributed by atoms with Gasteiger partial charge in [-0.3, -0.25) is 19.2 Å². The second-order valence-electron chi connectivity index (χ2n) is 7.09. The van der Waals surface area contributed by atoms with Gasteiger partial charge in [0.15, 0.2) is 5.43 Å². The largest absolute Gasteiger partial charge is 0.481 e. The zero-order chi connectivity index (χ0) is 20.3. The monoisotopic (exact) mass is 385 g/mol. The Morgan fingerprint density at radius 1 is 1.21 bits per heavy atom. The van der Waals surface area contributed by atoms with Gasteiger partial charge in [-0.15, -0.1) is 0 Å². The molecule has 1 unspecified atom stereocenters. The molecular weight excluding hydrogens is 362 g/mol. The SMILES string of the molecule is CN(CC(=O)N1CCCC(C(=O)O)C1)C(=O)Cn1ccc(=O)c2ccccc21. The molecule has 8 nitrogen and oxygen atoms in total. The van der Waals surface area contributed by atoms with Gasteiger partial charge >= 0.3 is 5.97 Å². The van der Waals surface area contributed by atoms with E-state index in [1.807, 2.05) is 0 Å². The van der Waals surface area contributed by atoms with Crippen LogP contribution in [-0.4, -0.2) is 63.9 Å². The summed E-state index contributed by atoms with van der Waals surface area (Å²) in [4.78, 5) is 51.0. The van der Waals surface area contributed by atoms with Crippen molar-refractivity contribution in [3.05, 3.63) is 46.8 Å². The Balaban J connectivity index is 1.65. The highest BCUT2D eigenvalue weighted by Crippen LogP contribution is 2.17. The second kappa shape index (κ2) is 8.24. The summed E-state index contributed by atoms with van der Waals surface area (Å²) in [6.07, 6.45) is 2.78. The van der Waals surface area contributed by atoms with Gasteiger partial charge in [0, 0.05) is 37.8 Å². The number of carboxylic acids is 1. The lowest BCUT2D eigenvalue weighted by Gasteiger charge is -2.32. The van der Waals surface area contributed by atoms with Crippen LogP contribution in [-0.2, 0) is 20.9 Å². The van der Waals surface area contributed by atoms with Crippen molar-refractivity contribution in [1.82, 2.24) is 14.4 Å². The normalized spacial score (nSPS) is 16.8. The molecule has 0 saturated carbocycles. The third-order valence-corrected chi connectivity index (χ3v) is 5.11. The van der Waals surface area contributed by atoms with Crippen molar-refractivity contribution < 1.29 is 19.5 Å². The first-order valence-corrected chi connectivity index (χ1v) is 9.19. The summed E-state index contributed by atoms with van der Waals surface area (Å²) in [6.45, 7) is 0.584. The summed E-state index contributed by atoms with van der Waals surface area (Å²) in [5.74, 6) is -1.97. The van der Waals surface area contributed by atoms with Gasteiger partial charge in [0.25, 0.3) is 0 Å². The lowest BCUT2D eigenvalue weighted by Crippen LogP contribution is -2.47. The lowest BCUT2D eigenvalue weighted by molar-refractivity contribution is -0.147. The molecular formula is C20H23N3O5. The predicted molar refractivity (Wildman–Crippen MR) is 103 cm³/mol. The third kappa shape index (κ3) is 4.21. The number of aliphatic carboxylic acids is 1. The molecule has 2 heterocycles. The highest BCUT2D eigenvalue weighted by atomic mass is 16.4. The quantitative estimate of drug-likeness (QED) is 0.820. The number of likely N-dealkylation sites (tertiary alicyclic amines) is 1. The van der Waals surface area contributed by atoms with Crippen molar-refractivity contribution in [2.24, 2.45) is 5.92 Å². The molecule has 1 fully saturated rings. The minimum absolute atomic E-state index is 0.00231. The van der Waals surface area contributed by atoms with Gasteiger partial charge in [-0.25, -0.2) is 0 Å². The highest BCUT2D eigenvalue weighted by molar-refractivity contribution is 5.86. The minimum Gasteiger partial charge on any atom is -0.481 e. The number of carboxylic acid groups (broad SMARTS) is 1. The number of rotatable bonds is 5. The molecule has 2 amide bonds. The molecule has 1 aliphatic heterocycles. The molecule has 28 heavy (non-hydrogen) atoms. The summed E-state index contributed by atoms with van der Waals surface area (Å²) in [5, 5.41) is 9.68. The van der Waals surface area contributed by atoms with Gasteiger partial charge in [0.2, 0.25) is 11.8 Å². The fourth-order valence-corrected chi connectivity index (χ4v) is 3.46. The Hall–Kier alpha value is -3.16. The summed E-state index contributed by atoms with van der Waals surface area (Å²) in [6, 6.07) is 8.46. The van der Waals surface area contributed by atoms with E-state index >= 15 is 0 Å². The van der Waals surface area contributed by atoms with Gasteiger partial charge in [-0.2, -0.15) is 0 Å². The van der Waals surface area contributed by atoms with Crippen molar-refractivity contribution in [3.8, 4) is 0 Å². The Labute approximate surface area is 162 Å². The molecule has 1 aromatic heterocycles. The number of nitrogens with zero attached hydrogens (tertiary/aromatic N) is 3. The van der Waals surface area contributed by atoms with E-state index in [9.17, 15) is 19.2 Å². The van der Waals surface area contributed by atoms with Crippen LogP contribution in [0.25, 0.3) is 10.9 Å². The number of fused-ring (bicyclic) bond motifs is 1. The van der Waals surface area contributed by atoms with Gasteiger partial charge in [0.1, 0.15) is 6.54 Å². The Bertz CT molecular complexity index is 968. The maximum Gasteiger partial charge on any atom is 0.308 e. The molecule has 3 rings (SSSR count). The first kappa shape index (κ1) is 19.6. The van der Waals surface area contributed by atoms with Crippen LogP contribution in [0.4, 0.5) is 0 Å². The number of benzene rings is 1. The number of para-hydroxylation sites is 1. The van der Waals surface area contributed by atoms with Crippen LogP contribution < -0.4 is 5.43 Å². The molecule has 1 aliphatic rings. The van der Waals surface area contributed by atoms with Gasteiger partial charge in [0.05, 0.1) is 18.0 Å². The number of carbonyl (C=O) groups is 3. The van der Waals surface area contributed by atoms with Crippen LogP contribution >= 0.6 is 0 Å². The molecule has 0 bridgehead atoms. The second-order valence-corrected chi connectivity index (χ2v) is 7.09. The number of hydrogen-bond donors (Lipinski definition) is 1. The molecule has 1 N–H and O–H groups in total. The summed E-state index contributed by atoms with van der Waals surface area (Å²) < 4.78 is 1.68. The molecule has 1 saturated heterocycles. The first-order valence-electron chi connectivity index (χ1n) is 9.19. The molecule has 148 valence electrons. The standard InChI is InChI=1S/C20H23N3O5/c1-21(12-19(26)23-9-4-5-14(11-23)20(27)28)18(25)13-22-10-8-17(24)15-6-2-3-7-16(15)22/h2-3,6-8,10,14H,4-5,9,11-13H2,1H3,(H,27,28). The number of pyridine rings is 1.